The Morgan fingerprint density at radius 1 is 1.09 bits per heavy atom. The number of nitrogens with two attached hydrogens (primary N) is 1. The Balaban J connectivity index is 1.87. The zero-order valence-corrected chi connectivity index (χ0v) is 34.3. The zero-order chi connectivity index (χ0) is 40.3. The molecule has 300 valence electrons. The molecule has 1 fully saturated rings. The molecule has 0 saturated carbocycles. The normalized spacial score (nSPS) is 19.3. The van der Waals surface area contributed by atoms with Crippen molar-refractivity contribution in [2.24, 2.45) is 23.7 Å². The largest absolute Gasteiger partial charge is 0.481 e. The second-order valence-electron chi connectivity index (χ2n) is 15.5. The molecule has 0 unspecified atom stereocenters. The van der Waals surface area contributed by atoms with Gasteiger partial charge in [0.15, 0.2) is 11.9 Å². The van der Waals surface area contributed by atoms with E-state index >= 15 is 0 Å². The number of nitrogens with one attached hydrogen (secondary N) is 2. The smallest absolute Gasteiger partial charge is 0.407 e. The van der Waals surface area contributed by atoms with Crippen LogP contribution in [0.1, 0.15) is 114 Å². The predicted octanol–water partition coefficient (Wildman–Crippen LogP) is 5.94. The summed E-state index contributed by atoms with van der Waals surface area (Å²) in [7, 11) is 3.72. The summed E-state index contributed by atoms with van der Waals surface area (Å²) in [4.78, 5) is 74.7. The van der Waals surface area contributed by atoms with Crippen molar-refractivity contribution in [1.29, 1.82) is 0 Å². The van der Waals surface area contributed by atoms with Gasteiger partial charge in [-0.1, -0.05) is 53.2 Å². The Hall–Kier alpha value is -4.04. The Kier molecular flexibility index (Phi) is 16.5. The number of Topliss-reactive ketones (excluding diaryl/α,β-unsaturated/α-hetero) is 1. The fraction of sp³-hybridized carbons (Fsp3) is 0.650. The Labute approximate surface area is 324 Å². The van der Waals surface area contributed by atoms with Crippen LogP contribution in [0.15, 0.2) is 29.6 Å². The van der Waals surface area contributed by atoms with Crippen LogP contribution in [0.25, 0.3) is 0 Å². The Bertz CT molecular complexity index is 1580. The molecule has 1 aliphatic rings. The monoisotopic (exact) mass is 770 g/mol. The number of alkyl carbamates (subject to hydrolysis) is 1. The Morgan fingerprint density at radius 2 is 1.76 bits per heavy atom. The number of nitrogen functional groups attached to an aromatic ring is 1. The van der Waals surface area contributed by atoms with E-state index in [4.69, 9.17) is 10.5 Å². The van der Waals surface area contributed by atoms with E-state index in [1.165, 1.54) is 11.3 Å². The van der Waals surface area contributed by atoms with E-state index < -0.39 is 53.5 Å². The van der Waals surface area contributed by atoms with Gasteiger partial charge in [0.25, 0.3) is 5.91 Å². The first-order chi connectivity index (χ1) is 25.4. The molecule has 1 aromatic heterocycles. The number of ketones is 1. The van der Waals surface area contributed by atoms with Gasteiger partial charge in [-0.3, -0.25) is 24.1 Å². The first kappa shape index (κ1) is 44.4. The van der Waals surface area contributed by atoms with Gasteiger partial charge < -0.3 is 31.1 Å². The van der Waals surface area contributed by atoms with Crippen LogP contribution in [0.3, 0.4) is 0 Å². The van der Waals surface area contributed by atoms with Gasteiger partial charge in [0, 0.05) is 55.5 Å². The van der Waals surface area contributed by atoms with E-state index in [1.807, 2.05) is 53.8 Å². The minimum atomic E-state index is -0.964. The van der Waals surface area contributed by atoms with E-state index in [0.717, 1.165) is 31.4 Å². The standard InChI is InChI=1S/C40H62N6O7S/c1-10-25(5)30(21-34(47)40(7)17-12-18-45(40)8)37(49)46(9)32(24(3)4)22-33(53-39(52)42-11-2)36-44-31(23-54-36)35(48)43-29(19-26(6)38(50)51)20-27-13-15-28(41)16-14-27/h13-16,23-26,29-30,32-33H,10-12,17-22,41H2,1-9H3,(H,42,52)(H,43,48)(H,50,51)/t25-,26-,29+,30-,32+,33+,40+/m0/s1. The van der Waals surface area contributed by atoms with Crippen molar-refractivity contribution >= 4 is 46.7 Å². The lowest BCUT2D eigenvalue weighted by Gasteiger charge is -2.38. The number of carboxylic acid groups (broad SMARTS) is 1. The molecule has 7 atom stereocenters. The molecule has 5 N–H and O–H groups in total. The first-order valence-corrected chi connectivity index (χ1v) is 20.1. The number of hydrogen-bond donors (Lipinski definition) is 4. The summed E-state index contributed by atoms with van der Waals surface area (Å²) >= 11 is 1.17. The summed E-state index contributed by atoms with van der Waals surface area (Å²) in [6, 6.07) is 6.29. The maximum absolute atomic E-state index is 14.4. The lowest BCUT2D eigenvalue weighted by atomic mass is 9.80. The Morgan fingerprint density at radius 3 is 2.31 bits per heavy atom. The quantitative estimate of drug-likeness (QED) is 0.118. The number of hydrogen-bond acceptors (Lipinski definition) is 10. The number of amides is 3. The topological polar surface area (TPSA) is 184 Å². The van der Waals surface area contributed by atoms with Crippen molar-refractivity contribution in [3.63, 3.8) is 0 Å². The highest BCUT2D eigenvalue weighted by molar-refractivity contribution is 7.09. The number of ether oxygens (including phenoxy) is 1. The summed E-state index contributed by atoms with van der Waals surface area (Å²) < 4.78 is 5.91. The second kappa shape index (κ2) is 20.0. The van der Waals surface area contributed by atoms with Gasteiger partial charge in [0.2, 0.25) is 5.91 Å². The molecule has 13 nitrogen and oxygen atoms in total. The van der Waals surface area contributed by atoms with E-state index in [2.05, 4.69) is 20.5 Å². The van der Waals surface area contributed by atoms with Crippen LogP contribution in [-0.2, 0) is 25.5 Å². The molecule has 0 radical (unpaired) electrons. The highest BCUT2D eigenvalue weighted by Gasteiger charge is 2.44. The molecule has 3 rings (SSSR count). The summed E-state index contributed by atoms with van der Waals surface area (Å²) in [5.74, 6) is -2.80. The van der Waals surface area contributed by atoms with Gasteiger partial charge in [-0.05, 0) is 82.7 Å². The van der Waals surface area contributed by atoms with Crippen LogP contribution < -0.4 is 16.4 Å². The molecule has 14 heteroatoms. The van der Waals surface area contributed by atoms with Crippen molar-refractivity contribution in [2.75, 3.05) is 32.9 Å². The second-order valence-corrected chi connectivity index (χ2v) is 16.4. The molecule has 2 heterocycles. The van der Waals surface area contributed by atoms with Crippen molar-refractivity contribution in [1.82, 2.24) is 25.4 Å². The fourth-order valence-electron chi connectivity index (χ4n) is 7.18. The molecule has 1 aromatic carbocycles. The fourth-order valence-corrected chi connectivity index (χ4v) is 8.02. The first-order valence-electron chi connectivity index (χ1n) is 19.2. The van der Waals surface area contributed by atoms with Crippen molar-refractivity contribution in [2.45, 2.75) is 117 Å². The third-order valence-electron chi connectivity index (χ3n) is 11.2. The van der Waals surface area contributed by atoms with Crippen molar-refractivity contribution in [3.8, 4) is 0 Å². The summed E-state index contributed by atoms with van der Waals surface area (Å²) in [5.41, 5.74) is 6.84. The molecule has 3 amide bonds. The summed E-state index contributed by atoms with van der Waals surface area (Å²) in [6.45, 7) is 14.6. The number of carbonyl (C=O) groups is 5. The van der Waals surface area contributed by atoms with Crippen molar-refractivity contribution in [3.05, 3.63) is 45.9 Å². The highest BCUT2D eigenvalue weighted by atomic mass is 32.1. The number of nitrogens with zero attached hydrogens (tertiary/aromatic N) is 3. The van der Waals surface area contributed by atoms with Crippen LogP contribution in [0, 0.1) is 23.7 Å². The van der Waals surface area contributed by atoms with Crippen LogP contribution in [-0.4, -0.2) is 94.4 Å². The molecule has 0 bridgehead atoms. The average Bonchev–Trinajstić information content (AvgIpc) is 3.76. The number of rotatable bonds is 20. The summed E-state index contributed by atoms with van der Waals surface area (Å²) in [5, 5.41) is 17.2. The number of aromatic nitrogens is 1. The van der Waals surface area contributed by atoms with E-state index in [1.54, 1.807) is 43.3 Å². The number of anilines is 1. The van der Waals surface area contributed by atoms with Gasteiger partial charge in [-0.2, -0.15) is 0 Å². The van der Waals surface area contributed by atoms with Gasteiger partial charge in [0.1, 0.15) is 10.7 Å². The average molecular weight is 771 g/mol. The van der Waals surface area contributed by atoms with Crippen LogP contribution in [0.4, 0.5) is 10.5 Å². The number of aliphatic carboxylic acids is 1. The SMILES string of the molecule is CCNC(=O)O[C@H](C[C@H](C(C)C)N(C)C(=O)[C@@H](CC(=O)[C@@]1(C)CCCN1C)[C@@H](C)CC)c1nc(C(=O)N[C@@H](Cc2ccc(N)cc2)C[C@H](C)C(=O)O)cs1. The van der Waals surface area contributed by atoms with Gasteiger partial charge in [0.05, 0.1) is 11.5 Å². The molecule has 0 aliphatic carbocycles. The number of benzene rings is 1. The maximum Gasteiger partial charge on any atom is 0.407 e. The molecule has 2 aromatic rings. The van der Waals surface area contributed by atoms with E-state index in [0.29, 0.717) is 23.7 Å². The lowest BCUT2D eigenvalue weighted by Crippen LogP contribution is -2.50. The third kappa shape index (κ3) is 11.7. The number of likely N-dealkylation sites (N-methyl/N-ethyl adjacent to an activating group) is 1. The number of carboxylic acids is 1. The number of thiazole rings is 1. The van der Waals surface area contributed by atoms with Gasteiger partial charge in [-0.25, -0.2) is 9.78 Å². The number of likely N-dealkylation sites (tertiary alicyclic amines) is 1. The number of carbonyl (C=O) groups excluding carboxylic acids is 4. The molecule has 0 spiro atoms. The van der Waals surface area contributed by atoms with Crippen molar-refractivity contribution < 1.29 is 33.8 Å². The molecule has 54 heavy (non-hydrogen) atoms. The lowest BCUT2D eigenvalue weighted by molar-refractivity contribution is -0.143. The zero-order valence-electron chi connectivity index (χ0n) is 33.5. The molecular formula is C40H62N6O7S. The van der Waals surface area contributed by atoms with E-state index in [9.17, 15) is 29.1 Å². The van der Waals surface area contributed by atoms with Gasteiger partial charge in [-0.15, -0.1) is 11.3 Å². The maximum atomic E-state index is 14.4. The third-order valence-corrected chi connectivity index (χ3v) is 12.1. The van der Waals surface area contributed by atoms with Crippen LogP contribution in [0.2, 0.25) is 0 Å². The summed E-state index contributed by atoms with van der Waals surface area (Å²) in [6.07, 6.45) is 1.85. The van der Waals surface area contributed by atoms with E-state index in [-0.39, 0.29) is 48.5 Å². The molecular weight excluding hydrogens is 709 g/mol. The minimum absolute atomic E-state index is 0.0308. The molecule has 1 saturated heterocycles. The van der Waals surface area contributed by atoms with Crippen LogP contribution in [0.5, 0.6) is 0 Å². The van der Waals surface area contributed by atoms with Gasteiger partial charge >= 0.3 is 12.1 Å². The minimum Gasteiger partial charge on any atom is -0.481 e. The molecule has 1 aliphatic heterocycles. The van der Waals surface area contributed by atoms with Crippen LogP contribution >= 0.6 is 11.3 Å². The highest BCUT2D eigenvalue weighted by Crippen LogP contribution is 2.35. The predicted molar refractivity (Wildman–Crippen MR) is 211 cm³/mol.